The fourth-order valence-corrected chi connectivity index (χ4v) is 4.72. The van der Waals surface area contributed by atoms with E-state index >= 15 is 0 Å². The number of carbonyl (C=O) groups is 4. The first-order valence-electron chi connectivity index (χ1n) is 11.8. The third kappa shape index (κ3) is 4.60. The number of amides is 2. The fourth-order valence-electron chi connectivity index (χ4n) is 4.72. The molecule has 1 fully saturated rings. The largest absolute Gasteiger partial charge is 0.461 e. The lowest BCUT2D eigenvalue weighted by Gasteiger charge is -2.37. The van der Waals surface area contributed by atoms with Gasteiger partial charge in [-0.15, -0.1) is 0 Å². The minimum atomic E-state index is -1.14. The molecule has 1 N–H and O–H groups in total. The zero-order chi connectivity index (χ0) is 26.0. The molecule has 1 saturated carbocycles. The number of ether oxygens (including phenoxy) is 2. The predicted molar refractivity (Wildman–Crippen MR) is 126 cm³/mol. The number of fused-ring (bicyclic) bond motifs is 2. The Bertz CT molecular complexity index is 1260. The molecule has 190 valence electrons. The van der Waals surface area contributed by atoms with Crippen LogP contribution in [0, 0.1) is 5.92 Å². The van der Waals surface area contributed by atoms with Gasteiger partial charge in [0.25, 0.3) is 5.56 Å². The van der Waals surface area contributed by atoms with Crippen LogP contribution >= 0.6 is 0 Å². The van der Waals surface area contributed by atoms with Gasteiger partial charge in [-0.1, -0.05) is 18.2 Å². The van der Waals surface area contributed by atoms with E-state index in [9.17, 15) is 24.0 Å². The Hall–Kier alpha value is -4.02. The number of nitrogens with one attached hydrogen (secondary N) is 1. The van der Waals surface area contributed by atoms with Crippen molar-refractivity contribution in [3.63, 3.8) is 0 Å². The number of carbonyl (C=O) groups excluding carboxylic acids is 4. The van der Waals surface area contributed by atoms with Crippen molar-refractivity contribution in [3.8, 4) is 5.75 Å². The second kappa shape index (κ2) is 9.92. The van der Waals surface area contributed by atoms with Gasteiger partial charge in [0, 0.05) is 20.6 Å². The maximum atomic E-state index is 13.7. The molecule has 0 saturated heterocycles. The van der Waals surface area contributed by atoms with Crippen LogP contribution in [-0.4, -0.2) is 58.9 Å². The lowest BCUT2D eigenvalue weighted by atomic mass is 9.77. The average Bonchev–Trinajstić information content (AvgIpc) is 3.11. The van der Waals surface area contributed by atoms with Crippen LogP contribution in [0.15, 0.2) is 35.1 Å². The molecule has 0 unspecified atom stereocenters. The number of likely N-dealkylation sites (N-methyl/N-ethyl adjacent to an activating group) is 1. The zero-order valence-electron chi connectivity index (χ0n) is 20.4. The van der Waals surface area contributed by atoms with Crippen LogP contribution in [0.5, 0.6) is 5.75 Å². The molecule has 36 heavy (non-hydrogen) atoms. The Morgan fingerprint density at radius 1 is 1.11 bits per heavy atom. The highest BCUT2D eigenvalue weighted by Gasteiger charge is 2.47. The second-order valence-electron chi connectivity index (χ2n) is 9.18. The minimum Gasteiger partial charge on any atom is -0.461 e. The van der Waals surface area contributed by atoms with E-state index in [0.717, 1.165) is 4.90 Å². The molecule has 5 rings (SSSR count). The Morgan fingerprint density at radius 2 is 1.78 bits per heavy atom. The molecule has 2 bridgehead atoms. The molecular weight excluding hydrogens is 468 g/mol. The standard InChI is InChI=1S/C25H28N4O7/c1-4-35-23(34)17-18(36-22(33)16-8-6-5-7-9-16)20(31)29-14-15-10-12-25(13-11-15,24(29)26-17)27-19(30)21(32)28(2)3/h5-9,15H,4,10-14H2,1-3H3,(H,27,30). The molecule has 0 atom stereocenters. The van der Waals surface area contributed by atoms with E-state index in [-0.39, 0.29) is 30.5 Å². The summed E-state index contributed by atoms with van der Waals surface area (Å²) in [5.41, 5.74) is -2.12. The number of aromatic nitrogens is 2. The van der Waals surface area contributed by atoms with Gasteiger partial charge in [0.15, 0.2) is 5.69 Å². The maximum absolute atomic E-state index is 13.7. The van der Waals surface area contributed by atoms with Crippen LogP contribution in [0.2, 0.25) is 0 Å². The van der Waals surface area contributed by atoms with Crippen molar-refractivity contribution >= 4 is 23.8 Å². The molecule has 0 radical (unpaired) electrons. The van der Waals surface area contributed by atoms with Gasteiger partial charge in [0.05, 0.1) is 17.7 Å². The van der Waals surface area contributed by atoms with Crippen LogP contribution in [0.3, 0.4) is 0 Å². The van der Waals surface area contributed by atoms with E-state index in [0.29, 0.717) is 25.7 Å². The van der Waals surface area contributed by atoms with Crippen LogP contribution in [0.4, 0.5) is 0 Å². The summed E-state index contributed by atoms with van der Waals surface area (Å²) in [5.74, 6) is -3.60. The van der Waals surface area contributed by atoms with Gasteiger partial charge >= 0.3 is 23.8 Å². The monoisotopic (exact) mass is 496 g/mol. The summed E-state index contributed by atoms with van der Waals surface area (Å²) in [6.07, 6.45) is 2.21. The lowest BCUT2D eigenvalue weighted by Crippen LogP contribution is -2.53. The quantitative estimate of drug-likeness (QED) is 0.482. The number of esters is 2. The zero-order valence-corrected chi connectivity index (χ0v) is 20.4. The molecule has 3 aliphatic rings. The molecule has 2 aliphatic heterocycles. The summed E-state index contributed by atoms with van der Waals surface area (Å²) in [6, 6.07) is 8.05. The Morgan fingerprint density at radius 3 is 2.39 bits per heavy atom. The average molecular weight is 497 g/mol. The van der Waals surface area contributed by atoms with Gasteiger partial charge in [-0.2, -0.15) is 0 Å². The summed E-state index contributed by atoms with van der Waals surface area (Å²) in [5, 5.41) is 2.80. The molecule has 2 aromatic rings. The highest BCUT2D eigenvalue weighted by atomic mass is 16.6. The molecule has 0 spiro atoms. The van der Waals surface area contributed by atoms with E-state index in [1.54, 1.807) is 25.1 Å². The van der Waals surface area contributed by atoms with Crippen molar-refractivity contribution in [2.24, 2.45) is 5.92 Å². The smallest absolute Gasteiger partial charge is 0.361 e. The van der Waals surface area contributed by atoms with E-state index in [1.165, 1.54) is 30.8 Å². The first-order chi connectivity index (χ1) is 17.2. The van der Waals surface area contributed by atoms with Gasteiger partial charge in [0.1, 0.15) is 5.82 Å². The fraction of sp³-hybridized carbons (Fsp3) is 0.440. The first-order valence-corrected chi connectivity index (χ1v) is 11.8. The summed E-state index contributed by atoms with van der Waals surface area (Å²) in [4.78, 5) is 70.0. The van der Waals surface area contributed by atoms with Crippen LogP contribution < -0.4 is 15.6 Å². The topological polar surface area (TPSA) is 137 Å². The highest BCUT2D eigenvalue weighted by Crippen LogP contribution is 2.43. The lowest BCUT2D eigenvalue weighted by molar-refractivity contribution is -0.145. The summed E-state index contributed by atoms with van der Waals surface area (Å²) >= 11 is 0. The van der Waals surface area contributed by atoms with Gasteiger partial charge in [-0.25, -0.2) is 14.6 Å². The van der Waals surface area contributed by atoms with Crippen molar-refractivity contribution < 1.29 is 28.7 Å². The molecule has 1 aromatic carbocycles. The minimum absolute atomic E-state index is 0.00624. The number of nitrogens with zero attached hydrogens (tertiary/aromatic N) is 3. The van der Waals surface area contributed by atoms with Crippen molar-refractivity contribution in [3.05, 3.63) is 57.8 Å². The van der Waals surface area contributed by atoms with Crippen molar-refractivity contribution in [1.29, 1.82) is 0 Å². The van der Waals surface area contributed by atoms with Crippen molar-refractivity contribution in [2.75, 3.05) is 20.7 Å². The summed E-state index contributed by atoms with van der Waals surface area (Å²) in [6.45, 7) is 1.88. The molecule has 2 amide bonds. The Balaban J connectivity index is 1.85. The molecular formula is C25H28N4O7. The van der Waals surface area contributed by atoms with Gasteiger partial charge in [-0.05, 0) is 50.7 Å². The molecule has 3 heterocycles. The van der Waals surface area contributed by atoms with Gasteiger partial charge in [-0.3, -0.25) is 19.0 Å². The van der Waals surface area contributed by atoms with Crippen molar-refractivity contribution in [2.45, 2.75) is 44.7 Å². The summed E-state index contributed by atoms with van der Waals surface area (Å²) in [7, 11) is 2.93. The van der Waals surface area contributed by atoms with Crippen LogP contribution in [0.1, 0.15) is 59.3 Å². The number of hydrogen-bond acceptors (Lipinski definition) is 8. The Labute approximate surface area is 207 Å². The number of rotatable bonds is 5. The molecule has 1 aromatic heterocycles. The normalized spacial score (nSPS) is 20.0. The van der Waals surface area contributed by atoms with E-state index < -0.39 is 46.3 Å². The van der Waals surface area contributed by atoms with E-state index in [2.05, 4.69) is 10.3 Å². The van der Waals surface area contributed by atoms with Crippen LogP contribution in [0.25, 0.3) is 0 Å². The van der Waals surface area contributed by atoms with E-state index in [1.807, 2.05) is 0 Å². The van der Waals surface area contributed by atoms with Crippen LogP contribution in [-0.2, 0) is 26.4 Å². The third-order valence-electron chi connectivity index (χ3n) is 6.58. The van der Waals surface area contributed by atoms with Gasteiger partial charge < -0.3 is 19.7 Å². The first kappa shape index (κ1) is 25.1. The maximum Gasteiger partial charge on any atom is 0.361 e. The molecule has 1 aliphatic carbocycles. The predicted octanol–water partition coefficient (Wildman–Crippen LogP) is 1.24. The Kier molecular flexibility index (Phi) is 6.91. The molecule has 11 nitrogen and oxygen atoms in total. The number of hydrogen-bond donors (Lipinski definition) is 1. The van der Waals surface area contributed by atoms with Crippen molar-refractivity contribution in [1.82, 2.24) is 19.8 Å². The highest BCUT2D eigenvalue weighted by molar-refractivity contribution is 6.35. The third-order valence-corrected chi connectivity index (χ3v) is 6.58. The number of benzene rings is 1. The SMILES string of the molecule is CCOC(=O)c1nc2n(c(=O)c1OC(=O)c1ccccc1)CC1CCC2(NC(=O)C(=O)N(C)C)CC1. The summed E-state index contributed by atoms with van der Waals surface area (Å²) < 4.78 is 11.9. The van der Waals surface area contributed by atoms with Gasteiger partial charge in [0.2, 0.25) is 5.75 Å². The second-order valence-corrected chi connectivity index (χ2v) is 9.18. The molecule has 11 heteroatoms. The van der Waals surface area contributed by atoms with E-state index in [4.69, 9.17) is 9.47 Å².